The van der Waals surface area contributed by atoms with E-state index in [0.29, 0.717) is 11.0 Å². The van der Waals surface area contributed by atoms with Crippen molar-refractivity contribution in [1.82, 2.24) is 0 Å². The second-order valence-electron chi connectivity index (χ2n) is 5.25. The van der Waals surface area contributed by atoms with Gasteiger partial charge in [-0.1, -0.05) is 36.4 Å². The molecule has 3 aromatic rings. The average molecular weight is 262 g/mol. The van der Waals surface area contributed by atoms with Crippen LogP contribution in [0.3, 0.4) is 0 Å². The molecule has 1 aromatic heterocycles. The lowest BCUT2D eigenvalue weighted by molar-refractivity contribution is 0.610. The van der Waals surface area contributed by atoms with E-state index in [1.165, 1.54) is 5.56 Å². The van der Waals surface area contributed by atoms with E-state index in [1.807, 2.05) is 36.4 Å². The number of aryl methyl sites for hydroxylation is 1. The molecule has 4 rings (SSSR count). The third kappa shape index (κ3) is 1.61. The monoisotopic (exact) mass is 262 g/mol. The first-order valence-electron chi connectivity index (χ1n) is 6.97. The van der Waals surface area contributed by atoms with Crippen molar-refractivity contribution in [2.45, 2.75) is 19.3 Å². The molecule has 0 spiro atoms. The van der Waals surface area contributed by atoms with E-state index in [4.69, 9.17) is 4.42 Å². The van der Waals surface area contributed by atoms with Crippen molar-refractivity contribution >= 4 is 11.0 Å². The van der Waals surface area contributed by atoms with E-state index in [2.05, 4.69) is 12.1 Å². The van der Waals surface area contributed by atoms with Gasteiger partial charge in [0.25, 0.3) is 0 Å². The van der Waals surface area contributed by atoms with Gasteiger partial charge in [0, 0.05) is 11.1 Å². The predicted molar refractivity (Wildman–Crippen MR) is 79.9 cm³/mol. The summed E-state index contributed by atoms with van der Waals surface area (Å²) in [5.41, 5.74) is 3.97. The van der Waals surface area contributed by atoms with Gasteiger partial charge in [-0.15, -0.1) is 0 Å². The summed E-state index contributed by atoms with van der Waals surface area (Å²) >= 11 is 0. The van der Waals surface area contributed by atoms with Gasteiger partial charge in [0.15, 0.2) is 5.43 Å². The Balaban J connectivity index is 2.14. The van der Waals surface area contributed by atoms with Gasteiger partial charge >= 0.3 is 0 Å². The van der Waals surface area contributed by atoms with E-state index in [0.717, 1.165) is 36.1 Å². The third-order valence-electron chi connectivity index (χ3n) is 4.03. The van der Waals surface area contributed by atoms with Crippen molar-refractivity contribution in [3.05, 3.63) is 69.9 Å². The van der Waals surface area contributed by atoms with Gasteiger partial charge in [-0.3, -0.25) is 4.79 Å². The van der Waals surface area contributed by atoms with E-state index < -0.39 is 0 Å². The molecule has 1 heterocycles. The Kier molecular flexibility index (Phi) is 2.49. The van der Waals surface area contributed by atoms with Crippen LogP contribution in [-0.4, -0.2) is 0 Å². The van der Waals surface area contributed by atoms with Crippen LogP contribution in [0.4, 0.5) is 0 Å². The molecule has 0 aliphatic heterocycles. The van der Waals surface area contributed by atoms with Crippen LogP contribution in [0.1, 0.15) is 17.5 Å². The zero-order valence-electron chi connectivity index (χ0n) is 11.1. The van der Waals surface area contributed by atoms with E-state index in [1.54, 1.807) is 0 Å². The first-order valence-corrected chi connectivity index (χ1v) is 6.97. The molecule has 0 radical (unpaired) electrons. The van der Waals surface area contributed by atoms with Crippen LogP contribution in [0.2, 0.25) is 0 Å². The SMILES string of the molecule is O=c1c2c(oc3ccccc13)-c1ccccc1CCC2. The van der Waals surface area contributed by atoms with Crippen LogP contribution in [-0.2, 0) is 12.8 Å². The molecule has 1 aliphatic rings. The minimum atomic E-state index is 0.124. The molecule has 0 N–H and O–H groups in total. The molecule has 2 nitrogen and oxygen atoms in total. The average Bonchev–Trinajstić information content (AvgIpc) is 2.68. The Morgan fingerprint density at radius 2 is 1.70 bits per heavy atom. The smallest absolute Gasteiger partial charge is 0.196 e. The minimum absolute atomic E-state index is 0.124. The van der Waals surface area contributed by atoms with Crippen molar-refractivity contribution in [2.75, 3.05) is 0 Å². The highest BCUT2D eigenvalue weighted by Crippen LogP contribution is 2.32. The van der Waals surface area contributed by atoms with Gasteiger partial charge in [0.05, 0.1) is 5.39 Å². The highest BCUT2D eigenvalue weighted by atomic mass is 16.3. The minimum Gasteiger partial charge on any atom is -0.456 e. The molecule has 1 aliphatic carbocycles. The Bertz CT molecular complexity index is 859. The summed E-state index contributed by atoms with van der Waals surface area (Å²) in [6.45, 7) is 0. The molecule has 0 fully saturated rings. The van der Waals surface area contributed by atoms with Crippen LogP contribution in [0, 0.1) is 0 Å². The zero-order chi connectivity index (χ0) is 13.5. The van der Waals surface area contributed by atoms with Crippen LogP contribution in [0.15, 0.2) is 57.7 Å². The van der Waals surface area contributed by atoms with Gasteiger partial charge in [-0.25, -0.2) is 0 Å². The number of para-hydroxylation sites is 1. The lowest BCUT2D eigenvalue weighted by Gasteiger charge is -2.09. The lowest BCUT2D eigenvalue weighted by Crippen LogP contribution is -2.10. The summed E-state index contributed by atoms with van der Waals surface area (Å²) in [5, 5.41) is 0.686. The number of rotatable bonds is 0. The summed E-state index contributed by atoms with van der Waals surface area (Å²) < 4.78 is 6.07. The first-order chi connectivity index (χ1) is 9.84. The van der Waals surface area contributed by atoms with Gasteiger partial charge < -0.3 is 4.42 Å². The molecule has 0 saturated heterocycles. The standard InChI is InChI=1S/C18H14O2/c19-17-14-9-3-4-11-16(14)20-18-13-8-2-1-6-12(13)7-5-10-15(17)18/h1-4,6,8-9,11H,5,7,10H2. The molecular formula is C18H14O2. The van der Waals surface area contributed by atoms with Crippen LogP contribution in [0.25, 0.3) is 22.3 Å². The van der Waals surface area contributed by atoms with Crippen molar-refractivity contribution in [1.29, 1.82) is 0 Å². The lowest BCUT2D eigenvalue weighted by atomic mass is 10.0. The Hall–Kier alpha value is -2.35. The van der Waals surface area contributed by atoms with Crippen molar-refractivity contribution < 1.29 is 4.42 Å². The van der Waals surface area contributed by atoms with E-state index in [9.17, 15) is 4.79 Å². The summed E-state index contributed by atoms with van der Waals surface area (Å²) in [6.07, 6.45) is 2.78. The summed E-state index contributed by atoms with van der Waals surface area (Å²) in [5.74, 6) is 0.766. The second kappa shape index (κ2) is 4.34. The molecule has 0 unspecified atom stereocenters. The molecule has 20 heavy (non-hydrogen) atoms. The highest BCUT2D eigenvalue weighted by Gasteiger charge is 2.20. The molecule has 2 aromatic carbocycles. The number of hydrogen-bond acceptors (Lipinski definition) is 2. The molecule has 98 valence electrons. The Morgan fingerprint density at radius 3 is 2.65 bits per heavy atom. The molecular weight excluding hydrogens is 248 g/mol. The fraction of sp³-hybridized carbons (Fsp3) is 0.167. The van der Waals surface area contributed by atoms with Gasteiger partial charge in [-0.2, -0.15) is 0 Å². The molecule has 2 heteroatoms. The quantitative estimate of drug-likeness (QED) is 0.614. The maximum atomic E-state index is 12.7. The number of fused-ring (bicyclic) bond motifs is 4. The Labute approximate surface area is 116 Å². The van der Waals surface area contributed by atoms with Gasteiger partial charge in [0.2, 0.25) is 0 Å². The zero-order valence-corrected chi connectivity index (χ0v) is 11.1. The topological polar surface area (TPSA) is 30.2 Å². The van der Waals surface area contributed by atoms with Crippen molar-refractivity contribution in [3.63, 3.8) is 0 Å². The van der Waals surface area contributed by atoms with Crippen LogP contribution >= 0.6 is 0 Å². The van der Waals surface area contributed by atoms with Gasteiger partial charge in [0.1, 0.15) is 11.3 Å². The number of benzene rings is 2. The van der Waals surface area contributed by atoms with Crippen LogP contribution in [0.5, 0.6) is 0 Å². The van der Waals surface area contributed by atoms with Gasteiger partial charge in [-0.05, 0) is 37.0 Å². The molecule has 0 atom stereocenters. The first kappa shape index (κ1) is 11.5. The summed E-state index contributed by atoms with van der Waals surface area (Å²) in [6, 6.07) is 15.7. The number of hydrogen-bond donors (Lipinski definition) is 0. The summed E-state index contributed by atoms with van der Waals surface area (Å²) in [7, 11) is 0. The maximum absolute atomic E-state index is 12.7. The molecule has 0 amide bonds. The summed E-state index contributed by atoms with van der Waals surface area (Å²) in [4.78, 5) is 12.7. The molecule has 0 bridgehead atoms. The van der Waals surface area contributed by atoms with Crippen LogP contribution < -0.4 is 5.43 Å². The highest BCUT2D eigenvalue weighted by molar-refractivity contribution is 5.81. The Morgan fingerprint density at radius 1 is 0.900 bits per heavy atom. The van der Waals surface area contributed by atoms with Crippen molar-refractivity contribution in [2.24, 2.45) is 0 Å². The van der Waals surface area contributed by atoms with Crippen molar-refractivity contribution in [3.8, 4) is 11.3 Å². The van der Waals surface area contributed by atoms with E-state index in [-0.39, 0.29) is 5.43 Å². The van der Waals surface area contributed by atoms with E-state index >= 15 is 0 Å². The maximum Gasteiger partial charge on any atom is 0.196 e. The normalized spacial score (nSPS) is 13.6. The second-order valence-corrected chi connectivity index (χ2v) is 5.25. The third-order valence-corrected chi connectivity index (χ3v) is 4.03. The fourth-order valence-electron chi connectivity index (χ4n) is 3.04. The largest absolute Gasteiger partial charge is 0.456 e. The fourth-order valence-corrected chi connectivity index (χ4v) is 3.04. The molecule has 0 saturated carbocycles. The predicted octanol–water partition coefficient (Wildman–Crippen LogP) is 3.95.